The molecule has 4 rings (SSSR count). The number of benzene rings is 2. The van der Waals surface area contributed by atoms with Gasteiger partial charge < -0.3 is 9.73 Å². The largest absolute Gasteiger partial charge is 0.451 e. The molecule has 0 aliphatic heterocycles. The number of rotatable bonds is 3. The number of carbonyl (C=O) groups excluding carboxylic acids is 1. The van der Waals surface area contributed by atoms with Crippen molar-refractivity contribution in [1.82, 2.24) is 10.3 Å². The second kappa shape index (κ2) is 7.53. The number of furan rings is 1. The summed E-state index contributed by atoms with van der Waals surface area (Å²) in [6.45, 7) is 4.10. The topological polar surface area (TPSA) is 67.2 Å². The van der Waals surface area contributed by atoms with Gasteiger partial charge in [-0.1, -0.05) is 35.6 Å². The van der Waals surface area contributed by atoms with Crippen LogP contribution in [-0.2, 0) is 0 Å². The Morgan fingerprint density at radius 3 is 2.68 bits per heavy atom. The number of nitrogens with one attached hydrogen (secondary N) is 2. The van der Waals surface area contributed by atoms with E-state index in [0.29, 0.717) is 10.9 Å². The molecule has 0 saturated carbocycles. The number of amides is 1. The molecule has 5 nitrogen and oxygen atoms in total. The lowest BCUT2D eigenvalue weighted by atomic mass is 10.1. The summed E-state index contributed by atoms with van der Waals surface area (Å²) in [6.07, 6.45) is 0. The monoisotopic (exact) mass is 407 g/mol. The van der Waals surface area contributed by atoms with Gasteiger partial charge in [0.05, 0.1) is 10.2 Å². The average Bonchev–Trinajstić information content (AvgIpc) is 3.30. The summed E-state index contributed by atoms with van der Waals surface area (Å²) in [4.78, 5) is 16.9. The number of aryl methyl sites for hydroxylation is 2. The minimum absolute atomic E-state index is 0.174. The number of fused-ring (bicyclic) bond motifs is 1. The van der Waals surface area contributed by atoms with E-state index in [1.165, 1.54) is 22.5 Å². The smallest absolute Gasteiger partial charge is 0.293 e. The minimum atomic E-state index is -0.409. The van der Waals surface area contributed by atoms with Crippen LogP contribution in [0.4, 0.5) is 5.13 Å². The van der Waals surface area contributed by atoms with Gasteiger partial charge in [0.15, 0.2) is 16.0 Å². The molecule has 7 heteroatoms. The molecule has 0 aliphatic rings. The van der Waals surface area contributed by atoms with Crippen LogP contribution in [-0.4, -0.2) is 16.0 Å². The van der Waals surface area contributed by atoms with E-state index in [1.807, 2.05) is 49.4 Å². The molecular weight excluding hydrogens is 390 g/mol. The number of aromatic nitrogens is 1. The molecule has 0 unspecified atom stereocenters. The van der Waals surface area contributed by atoms with Gasteiger partial charge in [-0.3, -0.25) is 10.1 Å². The number of nitrogens with zero attached hydrogens (tertiary/aromatic N) is 1. The maximum Gasteiger partial charge on any atom is 0.293 e. The van der Waals surface area contributed by atoms with Gasteiger partial charge >= 0.3 is 0 Å². The summed E-state index contributed by atoms with van der Waals surface area (Å²) in [6, 6.07) is 17.3. The molecule has 0 bridgehead atoms. The van der Waals surface area contributed by atoms with Crippen molar-refractivity contribution in [3.63, 3.8) is 0 Å². The van der Waals surface area contributed by atoms with Crippen LogP contribution < -0.4 is 10.6 Å². The second-order valence-corrected chi connectivity index (χ2v) is 7.80. The number of anilines is 1. The van der Waals surface area contributed by atoms with Gasteiger partial charge in [0.2, 0.25) is 0 Å². The number of hydrogen-bond donors (Lipinski definition) is 2. The van der Waals surface area contributed by atoms with E-state index in [-0.39, 0.29) is 10.9 Å². The lowest BCUT2D eigenvalue weighted by Crippen LogP contribution is -2.33. The SMILES string of the molecule is Cc1ccc(-c2ccc(C(=O)NC(=S)Nc3nc4ccccc4s3)o2)cc1C. The number of carbonyl (C=O) groups is 1. The second-order valence-electron chi connectivity index (χ2n) is 6.36. The zero-order valence-electron chi connectivity index (χ0n) is 15.3. The molecule has 0 fully saturated rings. The zero-order chi connectivity index (χ0) is 19.7. The predicted octanol–water partition coefficient (Wildman–Crippen LogP) is 5.30. The molecule has 2 aromatic carbocycles. The molecule has 4 aromatic rings. The molecular formula is C21H17N3O2S2. The van der Waals surface area contributed by atoms with Gasteiger partial charge in [-0.05, 0) is 67.5 Å². The fraction of sp³-hybridized carbons (Fsp3) is 0.0952. The number of thiocarbonyl (C=S) groups is 1. The van der Waals surface area contributed by atoms with Crippen molar-refractivity contribution in [3.8, 4) is 11.3 Å². The summed E-state index contributed by atoms with van der Waals surface area (Å²) in [5.74, 6) is 0.425. The fourth-order valence-corrected chi connectivity index (χ4v) is 3.85. The number of para-hydroxylation sites is 1. The fourth-order valence-electron chi connectivity index (χ4n) is 2.73. The van der Waals surface area contributed by atoms with Crippen LogP contribution in [0.5, 0.6) is 0 Å². The molecule has 0 spiro atoms. The van der Waals surface area contributed by atoms with Crippen molar-refractivity contribution in [3.05, 3.63) is 71.5 Å². The highest BCUT2D eigenvalue weighted by atomic mass is 32.1. The van der Waals surface area contributed by atoms with Crippen molar-refractivity contribution >= 4 is 49.9 Å². The summed E-state index contributed by atoms with van der Waals surface area (Å²) in [5.41, 5.74) is 4.19. The van der Waals surface area contributed by atoms with E-state index >= 15 is 0 Å². The third-order valence-corrected chi connectivity index (χ3v) is 5.52. The summed E-state index contributed by atoms with van der Waals surface area (Å²) < 4.78 is 6.76. The Labute approximate surface area is 171 Å². The van der Waals surface area contributed by atoms with E-state index in [9.17, 15) is 4.79 Å². The molecule has 2 heterocycles. The van der Waals surface area contributed by atoms with Gasteiger partial charge in [-0.15, -0.1) is 0 Å². The Balaban J connectivity index is 1.44. The van der Waals surface area contributed by atoms with E-state index < -0.39 is 5.91 Å². The average molecular weight is 408 g/mol. The number of thiazole rings is 1. The Morgan fingerprint density at radius 2 is 1.89 bits per heavy atom. The van der Waals surface area contributed by atoms with E-state index in [2.05, 4.69) is 22.5 Å². The first kappa shape index (κ1) is 18.3. The van der Waals surface area contributed by atoms with Crippen LogP contribution in [0.3, 0.4) is 0 Å². The molecule has 1 amide bonds. The van der Waals surface area contributed by atoms with Crippen LogP contribution in [0.25, 0.3) is 21.5 Å². The highest BCUT2D eigenvalue weighted by Gasteiger charge is 2.15. The van der Waals surface area contributed by atoms with Crippen molar-refractivity contribution in [2.75, 3.05) is 5.32 Å². The van der Waals surface area contributed by atoms with Gasteiger partial charge in [-0.2, -0.15) is 0 Å². The standard InChI is InChI=1S/C21H17N3O2S2/c1-12-7-8-14(11-13(12)2)16-9-10-17(26-16)19(25)23-20(27)24-21-22-15-5-3-4-6-18(15)28-21/h3-11H,1-2H3,(H2,22,23,24,25,27). The van der Waals surface area contributed by atoms with Crippen LogP contribution in [0, 0.1) is 13.8 Å². The summed E-state index contributed by atoms with van der Waals surface area (Å²) in [7, 11) is 0. The Morgan fingerprint density at radius 1 is 1.07 bits per heavy atom. The summed E-state index contributed by atoms with van der Waals surface area (Å²) >= 11 is 6.70. The zero-order valence-corrected chi connectivity index (χ0v) is 16.9. The third kappa shape index (κ3) is 3.81. The first-order valence-corrected chi connectivity index (χ1v) is 9.87. The third-order valence-electron chi connectivity index (χ3n) is 4.36. The number of hydrogen-bond acceptors (Lipinski definition) is 5. The van der Waals surface area contributed by atoms with Crippen molar-refractivity contribution < 1.29 is 9.21 Å². The van der Waals surface area contributed by atoms with Gasteiger partial charge in [0.1, 0.15) is 5.76 Å². The lowest BCUT2D eigenvalue weighted by molar-refractivity contribution is 0.0951. The Hall–Kier alpha value is -3.03. The Kier molecular flexibility index (Phi) is 4.93. The molecule has 0 saturated heterocycles. The lowest BCUT2D eigenvalue weighted by Gasteiger charge is -2.05. The van der Waals surface area contributed by atoms with Crippen molar-refractivity contribution in [2.45, 2.75) is 13.8 Å². The highest BCUT2D eigenvalue weighted by Crippen LogP contribution is 2.26. The van der Waals surface area contributed by atoms with E-state index in [4.69, 9.17) is 16.6 Å². The molecule has 0 radical (unpaired) electrons. The summed E-state index contributed by atoms with van der Waals surface area (Å²) in [5, 5.41) is 6.38. The molecule has 2 N–H and O–H groups in total. The molecule has 140 valence electrons. The Bertz CT molecular complexity index is 1160. The van der Waals surface area contributed by atoms with Crippen molar-refractivity contribution in [1.29, 1.82) is 0 Å². The normalized spacial score (nSPS) is 10.8. The van der Waals surface area contributed by atoms with Crippen LogP contribution >= 0.6 is 23.6 Å². The van der Waals surface area contributed by atoms with Crippen LogP contribution in [0.15, 0.2) is 59.0 Å². The van der Waals surface area contributed by atoms with Crippen LogP contribution in [0.2, 0.25) is 0 Å². The predicted molar refractivity (Wildman–Crippen MR) is 117 cm³/mol. The van der Waals surface area contributed by atoms with Gasteiger partial charge in [0.25, 0.3) is 5.91 Å². The molecule has 2 aromatic heterocycles. The first-order chi connectivity index (χ1) is 13.5. The molecule has 28 heavy (non-hydrogen) atoms. The molecule has 0 atom stereocenters. The first-order valence-electron chi connectivity index (χ1n) is 8.65. The van der Waals surface area contributed by atoms with Gasteiger partial charge in [-0.25, -0.2) is 4.98 Å². The van der Waals surface area contributed by atoms with Crippen molar-refractivity contribution in [2.24, 2.45) is 0 Å². The van der Waals surface area contributed by atoms with Gasteiger partial charge in [0, 0.05) is 5.56 Å². The molecule has 0 aliphatic carbocycles. The maximum atomic E-state index is 12.4. The minimum Gasteiger partial charge on any atom is -0.451 e. The maximum absolute atomic E-state index is 12.4. The van der Waals surface area contributed by atoms with E-state index in [0.717, 1.165) is 15.8 Å². The highest BCUT2D eigenvalue weighted by molar-refractivity contribution is 7.80. The van der Waals surface area contributed by atoms with E-state index in [1.54, 1.807) is 12.1 Å². The quantitative estimate of drug-likeness (QED) is 0.451. The van der Waals surface area contributed by atoms with Crippen LogP contribution in [0.1, 0.15) is 21.7 Å².